The predicted molar refractivity (Wildman–Crippen MR) is 103 cm³/mol. The van der Waals surface area contributed by atoms with Crippen molar-refractivity contribution in [2.75, 3.05) is 33.2 Å². The molecule has 130 valence electrons. The number of carbonyl (C=O) groups is 1. The van der Waals surface area contributed by atoms with E-state index in [1.807, 2.05) is 11.8 Å². The molecular formula is C15H32IN5O. The molecular weight excluding hydrogens is 393 g/mol. The maximum atomic E-state index is 11.7. The average molecular weight is 425 g/mol. The summed E-state index contributed by atoms with van der Waals surface area (Å²) in [5.74, 6) is 1.04. The molecule has 1 heterocycles. The van der Waals surface area contributed by atoms with Crippen LogP contribution in [0.25, 0.3) is 0 Å². The van der Waals surface area contributed by atoms with Gasteiger partial charge in [-0.15, -0.1) is 24.0 Å². The topological polar surface area (TPSA) is 68.8 Å². The SMILES string of the molecule is CCC(=O)N1CCC(NC(=NC)NCCNC(C)(C)C)C1.I. The molecule has 1 fully saturated rings. The summed E-state index contributed by atoms with van der Waals surface area (Å²) in [6, 6.07) is 0.294. The van der Waals surface area contributed by atoms with Gasteiger partial charge in [-0.1, -0.05) is 6.92 Å². The molecule has 3 N–H and O–H groups in total. The van der Waals surface area contributed by atoms with Crippen LogP contribution in [0.4, 0.5) is 0 Å². The summed E-state index contributed by atoms with van der Waals surface area (Å²) >= 11 is 0. The monoisotopic (exact) mass is 425 g/mol. The first-order valence-electron chi connectivity index (χ1n) is 7.85. The van der Waals surface area contributed by atoms with Crippen LogP contribution in [0, 0.1) is 0 Å². The van der Waals surface area contributed by atoms with Gasteiger partial charge in [0.1, 0.15) is 0 Å². The van der Waals surface area contributed by atoms with E-state index in [0.29, 0.717) is 12.5 Å². The summed E-state index contributed by atoms with van der Waals surface area (Å²) in [4.78, 5) is 17.8. The Hall–Kier alpha value is -0.570. The van der Waals surface area contributed by atoms with Crippen LogP contribution in [0.2, 0.25) is 0 Å². The Morgan fingerprint density at radius 3 is 2.55 bits per heavy atom. The molecule has 0 spiro atoms. The van der Waals surface area contributed by atoms with Crippen LogP contribution in [0.15, 0.2) is 4.99 Å². The number of hydrogen-bond acceptors (Lipinski definition) is 3. The second kappa shape index (κ2) is 10.3. The number of halogens is 1. The zero-order chi connectivity index (χ0) is 15.9. The molecule has 0 saturated carbocycles. The Bertz CT molecular complexity index is 367. The quantitative estimate of drug-likeness (QED) is 0.268. The van der Waals surface area contributed by atoms with Gasteiger partial charge in [0.05, 0.1) is 0 Å². The largest absolute Gasteiger partial charge is 0.355 e. The second-order valence-corrected chi connectivity index (χ2v) is 6.50. The number of nitrogens with one attached hydrogen (secondary N) is 3. The number of hydrogen-bond donors (Lipinski definition) is 3. The first-order chi connectivity index (χ1) is 9.85. The van der Waals surface area contributed by atoms with Crippen molar-refractivity contribution in [3.63, 3.8) is 0 Å². The van der Waals surface area contributed by atoms with Crippen LogP contribution in [0.1, 0.15) is 40.5 Å². The van der Waals surface area contributed by atoms with Crippen LogP contribution in [-0.4, -0.2) is 61.6 Å². The van der Waals surface area contributed by atoms with Gasteiger partial charge in [0.15, 0.2) is 5.96 Å². The Kier molecular flexibility index (Phi) is 9.99. The van der Waals surface area contributed by atoms with Gasteiger partial charge in [-0.05, 0) is 27.2 Å². The minimum Gasteiger partial charge on any atom is -0.355 e. The molecule has 0 aromatic heterocycles. The molecule has 1 rings (SSSR count). The lowest BCUT2D eigenvalue weighted by Gasteiger charge is -2.22. The summed E-state index contributed by atoms with van der Waals surface area (Å²) < 4.78 is 0. The van der Waals surface area contributed by atoms with Crippen LogP contribution in [0.3, 0.4) is 0 Å². The lowest BCUT2D eigenvalue weighted by molar-refractivity contribution is -0.129. The van der Waals surface area contributed by atoms with Crippen LogP contribution in [0.5, 0.6) is 0 Å². The van der Waals surface area contributed by atoms with E-state index in [1.54, 1.807) is 7.05 Å². The maximum absolute atomic E-state index is 11.7. The van der Waals surface area contributed by atoms with Gasteiger partial charge >= 0.3 is 0 Å². The van der Waals surface area contributed by atoms with Crippen molar-refractivity contribution in [1.82, 2.24) is 20.9 Å². The van der Waals surface area contributed by atoms with Crippen LogP contribution >= 0.6 is 24.0 Å². The summed E-state index contributed by atoms with van der Waals surface area (Å²) in [6.07, 6.45) is 1.56. The van der Waals surface area contributed by atoms with E-state index in [2.05, 4.69) is 41.7 Å². The number of rotatable bonds is 5. The Balaban J connectivity index is 0.00000441. The zero-order valence-corrected chi connectivity index (χ0v) is 16.9. The van der Waals surface area contributed by atoms with E-state index >= 15 is 0 Å². The first-order valence-corrected chi connectivity index (χ1v) is 7.85. The van der Waals surface area contributed by atoms with Crippen LogP contribution < -0.4 is 16.0 Å². The highest BCUT2D eigenvalue weighted by atomic mass is 127. The van der Waals surface area contributed by atoms with E-state index < -0.39 is 0 Å². The highest BCUT2D eigenvalue weighted by molar-refractivity contribution is 14.0. The summed E-state index contributed by atoms with van der Waals surface area (Å²) in [7, 11) is 1.77. The lowest BCUT2D eigenvalue weighted by atomic mass is 10.1. The third-order valence-corrected chi connectivity index (χ3v) is 3.48. The van der Waals surface area contributed by atoms with E-state index in [0.717, 1.165) is 38.6 Å². The third kappa shape index (κ3) is 8.17. The number of nitrogens with zero attached hydrogens (tertiary/aromatic N) is 2. The number of aliphatic imine (C=N–C) groups is 1. The van der Waals surface area contributed by atoms with Gasteiger partial charge in [-0.25, -0.2) is 0 Å². The molecule has 7 heteroatoms. The highest BCUT2D eigenvalue weighted by Gasteiger charge is 2.25. The van der Waals surface area contributed by atoms with Gasteiger partial charge in [0.2, 0.25) is 5.91 Å². The molecule has 1 amide bonds. The minimum atomic E-state index is 0. The maximum Gasteiger partial charge on any atom is 0.222 e. The van der Waals surface area contributed by atoms with Crippen molar-refractivity contribution in [2.45, 2.75) is 52.1 Å². The molecule has 6 nitrogen and oxygen atoms in total. The number of amides is 1. The van der Waals surface area contributed by atoms with Gasteiger partial charge in [0.25, 0.3) is 0 Å². The molecule has 0 aromatic carbocycles. The molecule has 1 unspecified atom stereocenters. The number of carbonyl (C=O) groups excluding carboxylic acids is 1. The lowest BCUT2D eigenvalue weighted by Crippen LogP contribution is -2.48. The van der Waals surface area contributed by atoms with E-state index in [4.69, 9.17) is 0 Å². The Labute approximate surface area is 151 Å². The Morgan fingerprint density at radius 1 is 1.32 bits per heavy atom. The molecule has 1 atom stereocenters. The van der Waals surface area contributed by atoms with Gasteiger partial charge in [-0.2, -0.15) is 0 Å². The van der Waals surface area contributed by atoms with Gasteiger partial charge in [-0.3, -0.25) is 9.79 Å². The fourth-order valence-electron chi connectivity index (χ4n) is 2.33. The molecule has 1 saturated heterocycles. The minimum absolute atomic E-state index is 0. The predicted octanol–water partition coefficient (Wildman–Crippen LogP) is 1.17. The summed E-state index contributed by atoms with van der Waals surface area (Å²) in [5.41, 5.74) is 0.130. The summed E-state index contributed by atoms with van der Waals surface area (Å²) in [5, 5.41) is 10.1. The first kappa shape index (κ1) is 21.4. The molecule has 0 aliphatic carbocycles. The fourth-order valence-corrected chi connectivity index (χ4v) is 2.33. The zero-order valence-electron chi connectivity index (χ0n) is 14.5. The Morgan fingerprint density at radius 2 is 2.00 bits per heavy atom. The highest BCUT2D eigenvalue weighted by Crippen LogP contribution is 2.10. The van der Waals surface area contributed by atoms with E-state index in [1.165, 1.54) is 0 Å². The molecule has 1 aliphatic heterocycles. The third-order valence-electron chi connectivity index (χ3n) is 3.48. The molecule has 1 aliphatic rings. The van der Waals surface area contributed by atoms with Crippen molar-refractivity contribution >= 4 is 35.8 Å². The van der Waals surface area contributed by atoms with Crippen LogP contribution in [-0.2, 0) is 4.79 Å². The van der Waals surface area contributed by atoms with Gasteiger partial charge in [0, 0.05) is 51.2 Å². The van der Waals surface area contributed by atoms with Crippen molar-refractivity contribution in [1.29, 1.82) is 0 Å². The molecule has 0 bridgehead atoms. The molecule has 0 radical (unpaired) electrons. The average Bonchev–Trinajstić information content (AvgIpc) is 2.88. The standard InChI is InChI=1S/C15H31N5O.HI/c1-6-13(21)20-10-7-12(11-20)19-14(16-5)17-8-9-18-15(2,3)4;/h12,18H,6-11H2,1-5H3,(H2,16,17,19);1H. The van der Waals surface area contributed by atoms with Crippen molar-refractivity contribution < 1.29 is 4.79 Å². The van der Waals surface area contributed by atoms with Crippen molar-refractivity contribution in [3.8, 4) is 0 Å². The molecule has 0 aromatic rings. The number of likely N-dealkylation sites (tertiary alicyclic amines) is 1. The van der Waals surface area contributed by atoms with Crippen molar-refractivity contribution in [2.24, 2.45) is 4.99 Å². The normalized spacial score (nSPS) is 18.9. The summed E-state index contributed by atoms with van der Waals surface area (Å²) in [6.45, 7) is 11.7. The van der Waals surface area contributed by atoms with Gasteiger partial charge < -0.3 is 20.9 Å². The second-order valence-electron chi connectivity index (χ2n) is 6.50. The number of guanidine groups is 1. The van der Waals surface area contributed by atoms with E-state index in [-0.39, 0.29) is 35.4 Å². The molecule has 22 heavy (non-hydrogen) atoms. The fraction of sp³-hybridized carbons (Fsp3) is 0.867. The smallest absolute Gasteiger partial charge is 0.222 e. The van der Waals surface area contributed by atoms with Crippen molar-refractivity contribution in [3.05, 3.63) is 0 Å². The van der Waals surface area contributed by atoms with E-state index in [9.17, 15) is 4.79 Å².